The van der Waals surface area contributed by atoms with Crippen LogP contribution in [0, 0.1) is 0 Å². The fourth-order valence-electron chi connectivity index (χ4n) is 1.38. The van der Waals surface area contributed by atoms with Crippen molar-refractivity contribution < 1.29 is 4.74 Å². The monoisotopic (exact) mass is 192 g/mol. The molecule has 74 valence electrons. The van der Waals surface area contributed by atoms with E-state index in [0.29, 0.717) is 19.1 Å². The lowest BCUT2D eigenvalue weighted by atomic mass is 10.4. The van der Waals surface area contributed by atoms with Crippen LogP contribution >= 0.6 is 0 Å². The van der Waals surface area contributed by atoms with Crippen molar-refractivity contribution in [2.45, 2.75) is 6.54 Å². The first-order valence-corrected chi connectivity index (χ1v) is 4.38. The molecule has 2 N–H and O–H groups in total. The maximum atomic E-state index is 5.75. The number of rotatable bonds is 3. The lowest BCUT2D eigenvalue weighted by Crippen LogP contribution is -2.08. The fraction of sp³-hybridized carbons (Fsp3) is 0.333. The standard InChI is InChI=1S/C9H12N4O/c1-14-6-5-13-8-7(12-9(13)10)3-2-4-11-8/h2-4H,5-6H2,1H3,(H2,10,12). The number of nitrogens with two attached hydrogens (primary N) is 1. The zero-order chi connectivity index (χ0) is 9.97. The smallest absolute Gasteiger partial charge is 0.202 e. The van der Waals surface area contributed by atoms with Crippen LogP contribution in [0.3, 0.4) is 0 Å². The Bertz CT molecular complexity index is 437. The van der Waals surface area contributed by atoms with Gasteiger partial charge in [-0.1, -0.05) is 0 Å². The number of nitrogens with zero attached hydrogens (tertiary/aromatic N) is 3. The van der Waals surface area contributed by atoms with Crippen molar-refractivity contribution in [3.63, 3.8) is 0 Å². The second-order valence-corrected chi connectivity index (χ2v) is 2.96. The molecule has 14 heavy (non-hydrogen) atoms. The minimum atomic E-state index is 0.482. The molecule has 5 nitrogen and oxygen atoms in total. The van der Waals surface area contributed by atoms with Crippen LogP contribution in [0.4, 0.5) is 5.95 Å². The summed E-state index contributed by atoms with van der Waals surface area (Å²) in [5, 5.41) is 0. The zero-order valence-electron chi connectivity index (χ0n) is 7.97. The topological polar surface area (TPSA) is 66.0 Å². The lowest BCUT2D eigenvalue weighted by Gasteiger charge is -2.03. The minimum absolute atomic E-state index is 0.482. The van der Waals surface area contributed by atoms with E-state index in [-0.39, 0.29) is 0 Å². The van der Waals surface area contributed by atoms with Crippen molar-refractivity contribution in [3.8, 4) is 0 Å². The Morgan fingerprint density at radius 1 is 1.57 bits per heavy atom. The van der Waals surface area contributed by atoms with E-state index in [1.807, 2.05) is 16.7 Å². The molecule has 0 bridgehead atoms. The normalized spacial score (nSPS) is 10.9. The van der Waals surface area contributed by atoms with Gasteiger partial charge in [0.05, 0.1) is 13.2 Å². The van der Waals surface area contributed by atoms with Gasteiger partial charge in [-0.3, -0.25) is 4.57 Å². The van der Waals surface area contributed by atoms with Crippen LogP contribution in [-0.4, -0.2) is 28.3 Å². The highest BCUT2D eigenvalue weighted by molar-refractivity contribution is 5.73. The molecule has 5 heteroatoms. The summed E-state index contributed by atoms with van der Waals surface area (Å²) < 4.78 is 6.83. The number of imidazole rings is 1. The average Bonchev–Trinajstić information content (AvgIpc) is 2.51. The fourth-order valence-corrected chi connectivity index (χ4v) is 1.38. The van der Waals surface area contributed by atoms with E-state index >= 15 is 0 Å². The summed E-state index contributed by atoms with van der Waals surface area (Å²) in [6.07, 6.45) is 1.73. The second-order valence-electron chi connectivity index (χ2n) is 2.96. The number of ether oxygens (including phenoxy) is 1. The summed E-state index contributed by atoms with van der Waals surface area (Å²) in [6, 6.07) is 3.73. The van der Waals surface area contributed by atoms with Crippen LogP contribution in [0.5, 0.6) is 0 Å². The Morgan fingerprint density at radius 2 is 2.43 bits per heavy atom. The quantitative estimate of drug-likeness (QED) is 0.775. The molecule has 0 fully saturated rings. The molecule has 0 aliphatic heterocycles. The van der Waals surface area contributed by atoms with Crippen LogP contribution in [0.25, 0.3) is 11.2 Å². The number of anilines is 1. The second kappa shape index (κ2) is 3.63. The number of hydrogen-bond donors (Lipinski definition) is 1. The molecule has 2 heterocycles. The van der Waals surface area contributed by atoms with Gasteiger partial charge < -0.3 is 10.5 Å². The van der Waals surface area contributed by atoms with Crippen LogP contribution in [0.1, 0.15) is 0 Å². The number of fused-ring (bicyclic) bond motifs is 1. The molecule has 0 radical (unpaired) electrons. The largest absolute Gasteiger partial charge is 0.383 e. The average molecular weight is 192 g/mol. The molecule has 2 rings (SSSR count). The third-order valence-electron chi connectivity index (χ3n) is 2.05. The Balaban J connectivity index is 2.45. The molecule has 0 atom stereocenters. The predicted octanol–water partition coefficient (Wildman–Crippen LogP) is 0.660. The first-order valence-electron chi connectivity index (χ1n) is 4.38. The third-order valence-corrected chi connectivity index (χ3v) is 2.05. The maximum Gasteiger partial charge on any atom is 0.202 e. The van der Waals surface area contributed by atoms with Crippen LogP contribution < -0.4 is 5.73 Å². The van der Waals surface area contributed by atoms with E-state index in [1.165, 1.54) is 0 Å². The van der Waals surface area contributed by atoms with Crippen molar-refractivity contribution in [2.75, 3.05) is 19.5 Å². The molecule has 0 saturated heterocycles. The number of nitrogen functional groups attached to an aromatic ring is 1. The summed E-state index contributed by atoms with van der Waals surface area (Å²) in [5.41, 5.74) is 7.38. The molecular formula is C9H12N4O. The molecule has 0 aliphatic rings. The number of pyridine rings is 1. The zero-order valence-corrected chi connectivity index (χ0v) is 7.97. The van der Waals surface area contributed by atoms with Crippen LogP contribution in [0.2, 0.25) is 0 Å². The number of methoxy groups -OCH3 is 1. The van der Waals surface area contributed by atoms with Gasteiger partial charge in [-0.15, -0.1) is 0 Å². The molecule has 0 aromatic carbocycles. The molecule has 2 aromatic rings. The van der Waals surface area contributed by atoms with Crippen LogP contribution in [0.15, 0.2) is 18.3 Å². The van der Waals surface area contributed by atoms with Crippen molar-refractivity contribution in [1.82, 2.24) is 14.5 Å². The molecule has 0 saturated carbocycles. The van der Waals surface area contributed by atoms with E-state index in [9.17, 15) is 0 Å². The Kier molecular flexibility index (Phi) is 2.32. The molecule has 0 spiro atoms. The first-order chi connectivity index (χ1) is 6.83. The third kappa shape index (κ3) is 1.42. The summed E-state index contributed by atoms with van der Waals surface area (Å²) in [6.45, 7) is 1.28. The summed E-state index contributed by atoms with van der Waals surface area (Å²) in [5.74, 6) is 0.482. The van der Waals surface area contributed by atoms with Gasteiger partial charge in [-0.05, 0) is 12.1 Å². The van der Waals surface area contributed by atoms with Crippen molar-refractivity contribution in [1.29, 1.82) is 0 Å². The van der Waals surface area contributed by atoms with Gasteiger partial charge >= 0.3 is 0 Å². The molecule has 2 aromatic heterocycles. The van der Waals surface area contributed by atoms with Crippen molar-refractivity contribution >= 4 is 17.1 Å². The predicted molar refractivity (Wildman–Crippen MR) is 53.8 cm³/mol. The van der Waals surface area contributed by atoms with Gasteiger partial charge in [-0.2, -0.15) is 0 Å². The Labute approximate surface area is 81.5 Å². The van der Waals surface area contributed by atoms with Crippen LogP contribution in [-0.2, 0) is 11.3 Å². The number of aromatic nitrogens is 3. The van der Waals surface area contributed by atoms with Crippen molar-refractivity contribution in [2.24, 2.45) is 0 Å². The SMILES string of the molecule is COCCn1c(N)nc2cccnc21. The summed E-state index contributed by atoms with van der Waals surface area (Å²) >= 11 is 0. The maximum absolute atomic E-state index is 5.75. The minimum Gasteiger partial charge on any atom is -0.383 e. The van der Waals surface area contributed by atoms with Gasteiger partial charge in [0.1, 0.15) is 5.52 Å². The molecule has 0 aliphatic carbocycles. The van der Waals surface area contributed by atoms with Gasteiger partial charge in [0.2, 0.25) is 5.95 Å². The highest BCUT2D eigenvalue weighted by Crippen LogP contribution is 2.14. The van der Waals surface area contributed by atoms with E-state index in [0.717, 1.165) is 11.2 Å². The van der Waals surface area contributed by atoms with Gasteiger partial charge in [0, 0.05) is 13.3 Å². The molecule has 0 amide bonds. The lowest BCUT2D eigenvalue weighted by molar-refractivity contribution is 0.188. The Morgan fingerprint density at radius 3 is 3.21 bits per heavy atom. The van der Waals surface area contributed by atoms with E-state index in [4.69, 9.17) is 10.5 Å². The highest BCUT2D eigenvalue weighted by Gasteiger charge is 2.07. The summed E-state index contributed by atoms with van der Waals surface area (Å²) in [7, 11) is 1.66. The first kappa shape index (κ1) is 8.96. The van der Waals surface area contributed by atoms with E-state index in [1.54, 1.807) is 13.3 Å². The summed E-state index contributed by atoms with van der Waals surface area (Å²) in [4.78, 5) is 8.41. The van der Waals surface area contributed by atoms with Gasteiger partial charge in [0.25, 0.3) is 0 Å². The number of hydrogen-bond acceptors (Lipinski definition) is 4. The molecular weight excluding hydrogens is 180 g/mol. The van der Waals surface area contributed by atoms with Gasteiger partial charge in [-0.25, -0.2) is 9.97 Å². The van der Waals surface area contributed by atoms with E-state index < -0.39 is 0 Å². The highest BCUT2D eigenvalue weighted by atomic mass is 16.5. The van der Waals surface area contributed by atoms with Gasteiger partial charge in [0.15, 0.2) is 5.65 Å². The van der Waals surface area contributed by atoms with E-state index in [2.05, 4.69) is 9.97 Å². The Hall–Kier alpha value is -1.62. The molecule has 0 unspecified atom stereocenters. The van der Waals surface area contributed by atoms with Crippen molar-refractivity contribution in [3.05, 3.63) is 18.3 Å².